The molecule has 0 saturated heterocycles. The van der Waals surface area contributed by atoms with Crippen LogP contribution in [0.25, 0.3) is 0 Å². The van der Waals surface area contributed by atoms with Gasteiger partial charge in [-0.15, -0.1) is 19.7 Å². The summed E-state index contributed by atoms with van der Waals surface area (Å²) in [4.78, 5) is 0. The van der Waals surface area contributed by atoms with Gasteiger partial charge in [-0.05, 0) is 5.57 Å². The fourth-order valence-corrected chi connectivity index (χ4v) is 2.28. The number of aliphatic hydroxyl groups is 2. The molecular weight excluding hydrogens is 272 g/mol. The first-order chi connectivity index (χ1) is 10.1. The normalized spacial score (nSPS) is 32.7. The molecule has 1 aliphatic carbocycles. The van der Waals surface area contributed by atoms with E-state index in [-0.39, 0.29) is 19.8 Å². The highest BCUT2D eigenvalue weighted by Crippen LogP contribution is 2.31. The van der Waals surface area contributed by atoms with E-state index in [1.807, 2.05) is 0 Å². The summed E-state index contributed by atoms with van der Waals surface area (Å²) in [6, 6.07) is 0. The number of rotatable bonds is 9. The van der Waals surface area contributed by atoms with E-state index < -0.39 is 30.5 Å². The van der Waals surface area contributed by atoms with Crippen LogP contribution in [0.15, 0.2) is 50.1 Å². The summed E-state index contributed by atoms with van der Waals surface area (Å²) in [5, 5.41) is 20.7. The molecule has 0 radical (unpaired) electrons. The van der Waals surface area contributed by atoms with Gasteiger partial charge in [-0.2, -0.15) is 0 Å². The minimum atomic E-state index is -1.05. The smallest absolute Gasteiger partial charge is 0.115 e. The molecule has 0 aromatic heterocycles. The van der Waals surface area contributed by atoms with Crippen molar-refractivity contribution in [2.75, 3.05) is 19.8 Å². The lowest BCUT2D eigenvalue weighted by Crippen LogP contribution is -2.59. The molecule has 0 bridgehead atoms. The van der Waals surface area contributed by atoms with E-state index in [0.717, 1.165) is 0 Å². The van der Waals surface area contributed by atoms with E-state index in [0.29, 0.717) is 5.57 Å². The fourth-order valence-electron chi connectivity index (χ4n) is 2.28. The minimum Gasteiger partial charge on any atom is -0.387 e. The van der Waals surface area contributed by atoms with Crippen LogP contribution in [0.3, 0.4) is 0 Å². The zero-order chi connectivity index (χ0) is 15.8. The third-order valence-corrected chi connectivity index (χ3v) is 3.22. The van der Waals surface area contributed by atoms with Crippen LogP contribution in [-0.4, -0.2) is 60.6 Å². The topological polar surface area (TPSA) is 68.2 Å². The monoisotopic (exact) mass is 296 g/mol. The molecule has 0 aliphatic heterocycles. The molecule has 5 atom stereocenters. The number of hydrogen-bond donors (Lipinski definition) is 2. The van der Waals surface area contributed by atoms with Crippen molar-refractivity contribution in [2.24, 2.45) is 0 Å². The molecule has 2 N–H and O–H groups in total. The summed E-state index contributed by atoms with van der Waals surface area (Å²) in [6.45, 7) is 15.3. The minimum absolute atomic E-state index is 0.202. The average molecular weight is 296 g/mol. The Hall–Kier alpha value is -1.24. The van der Waals surface area contributed by atoms with Crippen LogP contribution in [0, 0.1) is 0 Å². The molecule has 0 aromatic rings. The number of ether oxygens (including phenoxy) is 3. The van der Waals surface area contributed by atoms with Gasteiger partial charge in [0, 0.05) is 0 Å². The molecule has 118 valence electrons. The lowest BCUT2D eigenvalue weighted by atomic mass is 9.83. The average Bonchev–Trinajstić information content (AvgIpc) is 2.47. The van der Waals surface area contributed by atoms with Gasteiger partial charge in [-0.1, -0.05) is 24.8 Å². The van der Waals surface area contributed by atoms with Crippen molar-refractivity contribution in [1.29, 1.82) is 0 Å². The van der Waals surface area contributed by atoms with Gasteiger partial charge in [0.05, 0.1) is 19.8 Å². The van der Waals surface area contributed by atoms with Crippen molar-refractivity contribution in [3.05, 3.63) is 50.1 Å². The van der Waals surface area contributed by atoms with E-state index in [9.17, 15) is 10.2 Å². The molecule has 4 unspecified atom stereocenters. The van der Waals surface area contributed by atoms with Gasteiger partial charge in [-0.3, -0.25) is 0 Å². The van der Waals surface area contributed by atoms with Crippen LogP contribution in [-0.2, 0) is 14.2 Å². The van der Waals surface area contributed by atoms with Gasteiger partial charge in [0.15, 0.2) is 0 Å². The van der Waals surface area contributed by atoms with Crippen molar-refractivity contribution in [1.82, 2.24) is 0 Å². The van der Waals surface area contributed by atoms with Crippen LogP contribution in [0.2, 0.25) is 0 Å². The van der Waals surface area contributed by atoms with Gasteiger partial charge < -0.3 is 24.4 Å². The Labute approximate surface area is 125 Å². The highest BCUT2D eigenvalue weighted by Gasteiger charge is 2.47. The molecule has 0 spiro atoms. The molecular formula is C16H24O5. The van der Waals surface area contributed by atoms with Crippen LogP contribution in [0.1, 0.15) is 0 Å². The molecule has 21 heavy (non-hydrogen) atoms. The molecule has 1 aliphatic rings. The summed E-state index contributed by atoms with van der Waals surface area (Å²) in [5.41, 5.74) is 0.470. The standard InChI is InChI=1S/C16H24O5/c1-5-8-19-14-11(4)15(20-9-6-2)13(18)16(12(14)17)21-10-7-3/h5-7,12-18H,1-4,8-10H2/t12?,13?,14-,15?,16?/m1/s1. The lowest BCUT2D eigenvalue weighted by Gasteiger charge is -2.43. The number of aliphatic hydroxyl groups excluding tert-OH is 2. The Morgan fingerprint density at radius 1 is 0.810 bits per heavy atom. The largest absolute Gasteiger partial charge is 0.387 e. The summed E-state index contributed by atoms with van der Waals surface area (Å²) in [6.07, 6.45) is 0.355. The molecule has 0 aromatic carbocycles. The summed E-state index contributed by atoms with van der Waals surface area (Å²) in [7, 11) is 0. The first kappa shape index (κ1) is 17.8. The zero-order valence-corrected chi connectivity index (χ0v) is 12.2. The third-order valence-electron chi connectivity index (χ3n) is 3.22. The first-order valence-electron chi connectivity index (χ1n) is 6.80. The predicted octanol–water partition coefficient (Wildman–Crippen LogP) is 0.992. The Balaban J connectivity index is 2.92. The summed E-state index contributed by atoms with van der Waals surface area (Å²) >= 11 is 0. The van der Waals surface area contributed by atoms with Crippen LogP contribution >= 0.6 is 0 Å². The number of hydrogen-bond acceptors (Lipinski definition) is 5. The fraction of sp³-hybridized carbons (Fsp3) is 0.500. The molecule has 1 rings (SSSR count). The third kappa shape index (κ3) is 4.36. The van der Waals surface area contributed by atoms with E-state index in [1.165, 1.54) is 0 Å². The van der Waals surface area contributed by atoms with Crippen molar-refractivity contribution in [3.63, 3.8) is 0 Å². The van der Waals surface area contributed by atoms with Gasteiger partial charge in [0.25, 0.3) is 0 Å². The second-order valence-electron chi connectivity index (χ2n) is 4.73. The van der Waals surface area contributed by atoms with E-state index in [1.54, 1.807) is 18.2 Å². The Morgan fingerprint density at radius 2 is 1.19 bits per heavy atom. The maximum absolute atomic E-state index is 10.4. The molecule has 5 nitrogen and oxygen atoms in total. The first-order valence-corrected chi connectivity index (χ1v) is 6.80. The molecule has 1 saturated carbocycles. The van der Waals surface area contributed by atoms with Crippen LogP contribution in [0.5, 0.6) is 0 Å². The van der Waals surface area contributed by atoms with Crippen LogP contribution < -0.4 is 0 Å². The molecule has 5 heteroatoms. The van der Waals surface area contributed by atoms with Gasteiger partial charge in [0.2, 0.25) is 0 Å². The summed E-state index contributed by atoms with van der Waals surface area (Å²) < 4.78 is 16.5. The Morgan fingerprint density at radius 3 is 1.57 bits per heavy atom. The van der Waals surface area contributed by atoms with E-state index >= 15 is 0 Å². The zero-order valence-electron chi connectivity index (χ0n) is 12.2. The van der Waals surface area contributed by atoms with Gasteiger partial charge in [0.1, 0.15) is 30.5 Å². The quantitative estimate of drug-likeness (QED) is 0.621. The second-order valence-corrected chi connectivity index (χ2v) is 4.73. The second kappa shape index (κ2) is 8.92. The highest BCUT2D eigenvalue weighted by molar-refractivity contribution is 5.21. The summed E-state index contributed by atoms with van der Waals surface area (Å²) in [5.74, 6) is 0. The van der Waals surface area contributed by atoms with Crippen molar-refractivity contribution in [3.8, 4) is 0 Å². The Bertz CT molecular complexity index is 351. The van der Waals surface area contributed by atoms with Crippen LogP contribution in [0.4, 0.5) is 0 Å². The van der Waals surface area contributed by atoms with Crippen molar-refractivity contribution < 1.29 is 24.4 Å². The van der Waals surface area contributed by atoms with Gasteiger partial charge >= 0.3 is 0 Å². The Kier molecular flexibility index (Phi) is 7.56. The van der Waals surface area contributed by atoms with Crippen molar-refractivity contribution in [2.45, 2.75) is 30.5 Å². The van der Waals surface area contributed by atoms with E-state index in [2.05, 4.69) is 26.3 Å². The van der Waals surface area contributed by atoms with Crippen molar-refractivity contribution >= 4 is 0 Å². The molecule has 0 amide bonds. The molecule has 1 fully saturated rings. The maximum atomic E-state index is 10.4. The predicted molar refractivity (Wildman–Crippen MR) is 81.0 cm³/mol. The molecule has 0 heterocycles. The van der Waals surface area contributed by atoms with Gasteiger partial charge in [-0.25, -0.2) is 0 Å². The maximum Gasteiger partial charge on any atom is 0.115 e. The van der Waals surface area contributed by atoms with E-state index in [4.69, 9.17) is 14.2 Å². The lowest BCUT2D eigenvalue weighted by molar-refractivity contribution is -0.183. The SMILES string of the molecule is C=CCOC1C(=C)[C@@H](OCC=C)C(O)C(OCC=C)C1O. The highest BCUT2D eigenvalue weighted by atomic mass is 16.5.